The lowest BCUT2D eigenvalue weighted by Gasteiger charge is -2.30. The van der Waals surface area contributed by atoms with Crippen LogP contribution in [0.3, 0.4) is 0 Å². The molecule has 1 aliphatic rings. The van der Waals surface area contributed by atoms with Crippen molar-refractivity contribution in [2.45, 2.75) is 52.1 Å². The molecule has 4 heteroatoms. The molecule has 19 heavy (non-hydrogen) atoms. The summed E-state index contributed by atoms with van der Waals surface area (Å²) in [5.74, 6) is 3.58. The molecular weight excluding hydrogens is 238 g/mol. The Balaban J connectivity index is 2.06. The summed E-state index contributed by atoms with van der Waals surface area (Å²) in [7, 11) is 1.67. The van der Waals surface area contributed by atoms with Crippen LogP contribution < -0.4 is 5.73 Å². The smallest absolute Gasteiger partial charge is 0.134 e. The Labute approximate surface area is 115 Å². The second-order valence-corrected chi connectivity index (χ2v) is 5.93. The van der Waals surface area contributed by atoms with Crippen molar-refractivity contribution in [1.29, 1.82) is 0 Å². The Hall–Kier alpha value is -1.16. The Bertz CT molecular complexity index is 412. The minimum absolute atomic E-state index is 0.467. The van der Waals surface area contributed by atoms with Gasteiger partial charge in [-0.05, 0) is 37.5 Å². The van der Waals surface area contributed by atoms with Crippen molar-refractivity contribution in [3.05, 3.63) is 17.6 Å². The summed E-state index contributed by atoms with van der Waals surface area (Å²) in [6, 6.07) is 1.80. The number of hydrogen-bond donors (Lipinski definition) is 1. The second kappa shape index (κ2) is 6.33. The van der Waals surface area contributed by atoms with E-state index in [1.54, 1.807) is 13.2 Å². The third-order valence-electron chi connectivity index (χ3n) is 4.19. The van der Waals surface area contributed by atoms with Gasteiger partial charge in [0.2, 0.25) is 0 Å². The monoisotopic (exact) mass is 263 g/mol. The summed E-state index contributed by atoms with van der Waals surface area (Å²) in [6.07, 6.45) is 4.91. The van der Waals surface area contributed by atoms with Crippen LogP contribution in [-0.4, -0.2) is 17.1 Å². The van der Waals surface area contributed by atoms with Crippen molar-refractivity contribution in [3.63, 3.8) is 0 Å². The number of hydrogen-bond acceptors (Lipinski definition) is 4. The molecule has 0 unspecified atom stereocenters. The lowest BCUT2D eigenvalue weighted by Crippen LogP contribution is -2.19. The van der Waals surface area contributed by atoms with Crippen LogP contribution in [0.25, 0.3) is 0 Å². The lowest BCUT2D eigenvalue weighted by molar-refractivity contribution is 0.180. The van der Waals surface area contributed by atoms with Crippen LogP contribution in [0.1, 0.15) is 57.0 Å². The molecule has 2 rings (SSSR count). The standard InChI is InChI=1S/C15H25N3O/c1-10(2)11-4-6-12(7-5-11)15-17-13(9-19-3)8-14(16)18-15/h8,10-12H,4-7,9H2,1-3H3,(H2,16,17,18). The van der Waals surface area contributed by atoms with Crippen molar-refractivity contribution in [1.82, 2.24) is 9.97 Å². The number of methoxy groups -OCH3 is 1. The molecule has 4 nitrogen and oxygen atoms in total. The summed E-state index contributed by atoms with van der Waals surface area (Å²) in [6.45, 7) is 5.14. The number of rotatable bonds is 4. The molecule has 106 valence electrons. The Kier molecular flexibility index (Phi) is 4.75. The molecule has 0 spiro atoms. The highest BCUT2D eigenvalue weighted by Gasteiger charge is 2.26. The highest BCUT2D eigenvalue weighted by atomic mass is 16.5. The van der Waals surface area contributed by atoms with Crippen LogP contribution in [0.2, 0.25) is 0 Å². The summed E-state index contributed by atoms with van der Waals surface area (Å²) in [4.78, 5) is 9.02. The number of nitrogens with zero attached hydrogens (tertiary/aromatic N) is 2. The fourth-order valence-corrected chi connectivity index (χ4v) is 2.99. The molecule has 1 aromatic rings. The van der Waals surface area contributed by atoms with Gasteiger partial charge >= 0.3 is 0 Å². The molecule has 1 aromatic heterocycles. The van der Waals surface area contributed by atoms with Gasteiger partial charge in [-0.25, -0.2) is 9.97 Å². The van der Waals surface area contributed by atoms with Crippen molar-refractivity contribution in [2.24, 2.45) is 11.8 Å². The average Bonchev–Trinajstić information content (AvgIpc) is 2.38. The molecule has 1 heterocycles. The highest BCUT2D eigenvalue weighted by molar-refractivity contribution is 5.30. The largest absolute Gasteiger partial charge is 0.384 e. The number of nitrogens with two attached hydrogens (primary N) is 1. The van der Waals surface area contributed by atoms with E-state index in [0.29, 0.717) is 18.3 Å². The quantitative estimate of drug-likeness (QED) is 0.906. The molecule has 0 amide bonds. The Morgan fingerprint density at radius 1 is 1.26 bits per heavy atom. The van der Waals surface area contributed by atoms with Gasteiger partial charge in [0, 0.05) is 19.1 Å². The molecule has 0 aliphatic heterocycles. The van der Waals surface area contributed by atoms with E-state index in [1.807, 2.05) is 0 Å². The van der Waals surface area contributed by atoms with Crippen molar-refractivity contribution >= 4 is 5.82 Å². The molecule has 0 atom stereocenters. The van der Waals surface area contributed by atoms with Crippen LogP contribution in [0.4, 0.5) is 5.82 Å². The zero-order valence-corrected chi connectivity index (χ0v) is 12.2. The number of ether oxygens (including phenoxy) is 1. The predicted octanol–water partition coefficient (Wildman–Crippen LogP) is 3.14. The molecule has 0 aromatic carbocycles. The first-order chi connectivity index (χ1) is 9.10. The Morgan fingerprint density at radius 3 is 2.53 bits per heavy atom. The number of aromatic nitrogens is 2. The molecular formula is C15H25N3O. The predicted molar refractivity (Wildman–Crippen MR) is 76.7 cm³/mol. The van der Waals surface area contributed by atoms with E-state index in [1.165, 1.54) is 25.7 Å². The van der Waals surface area contributed by atoms with E-state index in [2.05, 4.69) is 23.8 Å². The van der Waals surface area contributed by atoms with Crippen LogP contribution in [-0.2, 0) is 11.3 Å². The fraction of sp³-hybridized carbons (Fsp3) is 0.733. The lowest BCUT2D eigenvalue weighted by atomic mass is 9.76. The molecule has 0 radical (unpaired) electrons. The zero-order valence-electron chi connectivity index (χ0n) is 12.2. The van der Waals surface area contributed by atoms with Crippen LogP contribution in [0, 0.1) is 11.8 Å². The molecule has 2 N–H and O–H groups in total. The summed E-state index contributed by atoms with van der Waals surface area (Å²) in [5.41, 5.74) is 6.75. The average molecular weight is 263 g/mol. The van der Waals surface area contributed by atoms with Crippen molar-refractivity contribution in [3.8, 4) is 0 Å². The third-order valence-corrected chi connectivity index (χ3v) is 4.19. The van der Waals surface area contributed by atoms with Gasteiger partial charge in [0.15, 0.2) is 0 Å². The summed E-state index contributed by atoms with van der Waals surface area (Å²) in [5, 5.41) is 0. The van der Waals surface area contributed by atoms with Gasteiger partial charge in [0.25, 0.3) is 0 Å². The maximum absolute atomic E-state index is 5.87. The van der Waals surface area contributed by atoms with Gasteiger partial charge in [0.05, 0.1) is 12.3 Å². The van der Waals surface area contributed by atoms with Crippen molar-refractivity contribution < 1.29 is 4.74 Å². The van der Waals surface area contributed by atoms with E-state index >= 15 is 0 Å². The van der Waals surface area contributed by atoms with Crippen LogP contribution in [0.5, 0.6) is 0 Å². The molecule has 0 saturated heterocycles. The van der Waals surface area contributed by atoms with Gasteiger partial charge < -0.3 is 10.5 Å². The van der Waals surface area contributed by atoms with Gasteiger partial charge in [-0.2, -0.15) is 0 Å². The first kappa shape index (κ1) is 14.3. The third kappa shape index (κ3) is 3.66. The molecule has 1 saturated carbocycles. The fourth-order valence-electron chi connectivity index (χ4n) is 2.99. The van der Waals surface area contributed by atoms with Gasteiger partial charge in [0.1, 0.15) is 11.6 Å². The van der Waals surface area contributed by atoms with E-state index in [9.17, 15) is 0 Å². The van der Waals surface area contributed by atoms with Gasteiger partial charge in [-0.1, -0.05) is 13.8 Å². The maximum Gasteiger partial charge on any atom is 0.134 e. The SMILES string of the molecule is COCc1cc(N)nc(C2CCC(C(C)C)CC2)n1. The minimum atomic E-state index is 0.467. The highest BCUT2D eigenvalue weighted by Crippen LogP contribution is 2.37. The van der Waals surface area contributed by atoms with Gasteiger partial charge in [-0.15, -0.1) is 0 Å². The number of nitrogen functional groups attached to an aromatic ring is 1. The van der Waals surface area contributed by atoms with E-state index in [-0.39, 0.29) is 0 Å². The van der Waals surface area contributed by atoms with Crippen LogP contribution in [0.15, 0.2) is 6.07 Å². The van der Waals surface area contributed by atoms with Crippen molar-refractivity contribution in [2.75, 3.05) is 12.8 Å². The van der Waals surface area contributed by atoms with E-state index in [4.69, 9.17) is 10.5 Å². The van der Waals surface area contributed by atoms with E-state index in [0.717, 1.165) is 23.4 Å². The molecule has 0 bridgehead atoms. The Morgan fingerprint density at radius 2 is 1.95 bits per heavy atom. The topological polar surface area (TPSA) is 61.0 Å². The number of anilines is 1. The zero-order chi connectivity index (χ0) is 13.8. The molecule has 1 fully saturated rings. The van der Waals surface area contributed by atoms with Crippen LogP contribution >= 0.6 is 0 Å². The minimum Gasteiger partial charge on any atom is -0.384 e. The summed E-state index contributed by atoms with van der Waals surface area (Å²) >= 11 is 0. The first-order valence-corrected chi connectivity index (χ1v) is 7.22. The second-order valence-electron chi connectivity index (χ2n) is 5.93. The van der Waals surface area contributed by atoms with Gasteiger partial charge in [-0.3, -0.25) is 0 Å². The molecule has 1 aliphatic carbocycles. The normalized spacial score (nSPS) is 23.8. The maximum atomic E-state index is 5.87. The summed E-state index contributed by atoms with van der Waals surface area (Å²) < 4.78 is 5.13. The first-order valence-electron chi connectivity index (χ1n) is 7.22. The van der Waals surface area contributed by atoms with E-state index < -0.39 is 0 Å².